The highest BCUT2D eigenvalue weighted by Gasteiger charge is 2.40. The molecule has 5 nitrogen and oxygen atoms in total. The van der Waals surface area contributed by atoms with Gasteiger partial charge in [0.25, 0.3) is 6.71 Å². The molecule has 7 aromatic rings. The molecule has 0 amide bonds. The number of ether oxygens (including phenoxy) is 2. The Morgan fingerprint density at radius 3 is 2.15 bits per heavy atom. The predicted octanol–water partition coefficient (Wildman–Crippen LogP) is 6.44. The number of hydrogen-bond acceptors (Lipinski definition) is 5. The summed E-state index contributed by atoms with van der Waals surface area (Å²) in [5.74, 6) is 3.85. The fraction of sp³-hybridized carbons (Fsp3) is 0. The number of benzene rings is 5. The van der Waals surface area contributed by atoms with Gasteiger partial charge in [-0.25, -0.2) is 4.98 Å². The molecule has 0 radical (unpaired) electrons. The molecule has 2 aromatic heterocycles. The van der Waals surface area contributed by atoms with Crippen LogP contribution in [0.1, 0.15) is 0 Å². The minimum Gasteiger partial charge on any atom is -0.458 e. The Labute approximate surface area is 229 Å². The van der Waals surface area contributed by atoms with Crippen molar-refractivity contribution < 1.29 is 13.9 Å². The summed E-state index contributed by atoms with van der Waals surface area (Å²) in [5.41, 5.74) is 7.65. The zero-order valence-corrected chi connectivity index (χ0v) is 21.2. The van der Waals surface area contributed by atoms with Crippen LogP contribution in [0.5, 0.6) is 23.0 Å². The third kappa shape index (κ3) is 3.10. The topological polar surface area (TPSA) is 57.4 Å². The van der Waals surface area contributed by atoms with Gasteiger partial charge in [-0.2, -0.15) is 0 Å². The molecule has 0 spiro atoms. The number of aromatic nitrogens is 2. The number of fused-ring (bicyclic) bond motifs is 6. The Bertz CT molecular complexity index is 2100. The molecule has 6 heteroatoms. The first-order chi connectivity index (χ1) is 19.8. The molecule has 186 valence electrons. The Hall–Kier alpha value is -5.36. The molecule has 0 saturated heterocycles. The van der Waals surface area contributed by atoms with Crippen molar-refractivity contribution in [1.82, 2.24) is 9.97 Å². The maximum atomic E-state index is 6.44. The lowest BCUT2D eigenvalue weighted by Crippen LogP contribution is -2.57. The largest absolute Gasteiger partial charge is 0.458 e. The van der Waals surface area contributed by atoms with Crippen molar-refractivity contribution in [2.24, 2.45) is 0 Å². The summed E-state index contributed by atoms with van der Waals surface area (Å²) >= 11 is 0. The molecule has 9 rings (SSSR count). The van der Waals surface area contributed by atoms with Gasteiger partial charge in [0, 0.05) is 28.2 Å². The van der Waals surface area contributed by atoms with E-state index in [1.165, 1.54) is 0 Å². The second-order valence-electron chi connectivity index (χ2n) is 10.2. The summed E-state index contributed by atoms with van der Waals surface area (Å²) in [6.07, 6.45) is 1.87. The Morgan fingerprint density at radius 1 is 0.600 bits per heavy atom. The fourth-order valence-corrected chi connectivity index (χ4v) is 6.06. The molecule has 0 fully saturated rings. The summed E-state index contributed by atoms with van der Waals surface area (Å²) in [6, 6.07) is 36.7. The van der Waals surface area contributed by atoms with E-state index in [0.717, 1.165) is 78.1 Å². The first kappa shape index (κ1) is 21.6. The van der Waals surface area contributed by atoms with Crippen molar-refractivity contribution in [3.63, 3.8) is 0 Å². The number of oxazole rings is 1. The number of para-hydroxylation sites is 2. The van der Waals surface area contributed by atoms with Crippen molar-refractivity contribution in [2.75, 3.05) is 0 Å². The standard InChI is InChI=1S/C34H19BN2O3/c1-2-7-23-20(6-1)16-17-36-33(23)21-12-14-27-24(18-21)35-25-19-22(34-37-26-8-3-4-9-29(26)40-34)13-15-28(25)39-31-11-5-10-30(38-27)32(31)35/h1-19H. The van der Waals surface area contributed by atoms with Crippen LogP contribution >= 0.6 is 0 Å². The minimum absolute atomic E-state index is 0.0852. The van der Waals surface area contributed by atoms with E-state index in [0.29, 0.717) is 5.89 Å². The first-order valence-electron chi connectivity index (χ1n) is 13.3. The van der Waals surface area contributed by atoms with Crippen LogP contribution in [0.25, 0.3) is 44.6 Å². The smallest absolute Gasteiger partial charge is 0.260 e. The van der Waals surface area contributed by atoms with Crippen LogP contribution in [0.3, 0.4) is 0 Å². The normalized spacial score (nSPS) is 12.8. The Kier molecular flexibility index (Phi) is 4.35. The molecular formula is C34H19BN2O3. The van der Waals surface area contributed by atoms with Crippen LogP contribution in [0.15, 0.2) is 120 Å². The average molecular weight is 514 g/mol. The van der Waals surface area contributed by atoms with E-state index in [2.05, 4.69) is 48.5 Å². The Morgan fingerprint density at radius 2 is 1.32 bits per heavy atom. The maximum absolute atomic E-state index is 6.44. The Balaban J connectivity index is 1.26. The summed E-state index contributed by atoms with van der Waals surface area (Å²) in [7, 11) is 0. The SMILES string of the molecule is c1cc2c3c(c1)Oc1ccc(-c4nccc5ccccc45)cc1B3c1cc(-c3nc4ccccc4o3)ccc1O2. The molecule has 0 atom stereocenters. The maximum Gasteiger partial charge on any atom is 0.260 e. The van der Waals surface area contributed by atoms with Crippen molar-refractivity contribution in [3.8, 4) is 45.7 Å². The highest BCUT2D eigenvalue weighted by Crippen LogP contribution is 2.37. The van der Waals surface area contributed by atoms with Gasteiger partial charge in [0.2, 0.25) is 5.89 Å². The van der Waals surface area contributed by atoms with Gasteiger partial charge >= 0.3 is 0 Å². The van der Waals surface area contributed by atoms with Gasteiger partial charge < -0.3 is 13.9 Å². The zero-order valence-electron chi connectivity index (χ0n) is 21.2. The number of hydrogen-bond donors (Lipinski definition) is 0. The van der Waals surface area contributed by atoms with E-state index in [-0.39, 0.29) is 6.71 Å². The van der Waals surface area contributed by atoms with Crippen LogP contribution in [0, 0.1) is 0 Å². The van der Waals surface area contributed by atoms with E-state index in [4.69, 9.17) is 23.9 Å². The quantitative estimate of drug-likeness (QED) is 0.249. The van der Waals surface area contributed by atoms with E-state index < -0.39 is 0 Å². The molecular weight excluding hydrogens is 495 g/mol. The summed E-state index contributed by atoms with van der Waals surface area (Å²) < 4.78 is 19.0. The van der Waals surface area contributed by atoms with E-state index in [1.54, 1.807) is 0 Å². The summed E-state index contributed by atoms with van der Waals surface area (Å²) in [6.45, 7) is -0.0852. The molecule has 0 unspecified atom stereocenters. The van der Waals surface area contributed by atoms with Crippen molar-refractivity contribution in [2.45, 2.75) is 0 Å². The van der Waals surface area contributed by atoms with Crippen LogP contribution in [-0.2, 0) is 0 Å². The van der Waals surface area contributed by atoms with Crippen LogP contribution in [0.4, 0.5) is 0 Å². The van der Waals surface area contributed by atoms with Gasteiger partial charge in [-0.05, 0) is 70.9 Å². The highest BCUT2D eigenvalue weighted by atomic mass is 16.5. The summed E-state index contributed by atoms with van der Waals surface area (Å²) in [4.78, 5) is 9.53. The molecule has 0 aliphatic carbocycles. The molecule has 0 saturated carbocycles. The third-order valence-corrected chi connectivity index (χ3v) is 7.88. The van der Waals surface area contributed by atoms with Crippen molar-refractivity contribution in [1.29, 1.82) is 0 Å². The zero-order chi connectivity index (χ0) is 26.2. The van der Waals surface area contributed by atoms with Gasteiger partial charge in [-0.3, -0.25) is 4.98 Å². The first-order valence-corrected chi connectivity index (χ1v) is 13.3. The molecule has 5 aromatic carbocycles. The van der Waals surface area contributed by atoms with Crippen LogP contribution in [-0.4, -0.2) is 16.7 Å². The predicted molar refractivity (Wildman–Crippen MR) is 158 cm³/mol. The molecule has 2 aliphatic heterocycles. The van der Waals surface area contributed by atoms with Crippen molar-refractivity contribution in [3.05, 3.63) is 115 Å². The van der Waals surface area contributed by atoms with Gasteiger partial charge in [0.1, 0.15) is 28.5 Å². The van der Waals surface area contributed by atoms with E-state index in [9.17, 15) is 0 Å². The number of pyridine rings is 1. The number of rotatable bonds is 2. The molecule has 0 bridgehead atoms. The van der Waals surface area contributed by atoms with Gasteiger partial charge in [-0.15, -0.1) is 0 Å². The third-order valence-electron chi connectivity index (χ3n) is 7.88. The van der Waals surface area contributed by atoms with E-state index in [1.807, 2.05) is 66.9 Å². The fourth-order valence-electron chi connectivity index (χ4n) is 6.06. The lowest BCUT2D eigenvalue weighted by Gasteiger charge is -2.33. The van der Waals surface area contributed by atoms with E-state index >= 15 is 0 Å². The van der Waals surface area contributed by atoms with Crippen LogP contribution < -0.4 is 25.9 Å². The molecule has 2 aliphatic rings. The minimum atomic E-state index is -0.0852. The second kappa shape index (κ2) is 8.07. The lowest BCUT2D eigenvalue weighted by atomic mass is 9.34. The summed E-state index contributed by atoms with van der Waals surface area (Å²) in [5, 5.41) is 2.28. The monoisotopic (exact) mass is 514 g/mol. The number of nitrogens with zero attached hydrogens (tertiary/aromatic N) is 2. The average Bonchev–Trinajstić information content (AvgIpc) is 3.45. The molecule has 4 heterocycles. The second-order valence-corrected chi connectivity index (χ2v) is 10.2. The highest BCUT2D eigenvalue weighted by molar-refractivity contribution is 6.98. The molecule has 40 heavy (non-hydrogen) atoms. The molecule has 0 N–H and O–H groups in total. The van der Waals surface area contributed by atoms with Crippen LogP contribution in [0.2, 0.25) is 0 Å². The lowest BCUT2D eigenvalue weighted by molar-refractivity contribution is 0.464. The van der Waals surface area contributed by atoms with Crippen molar-refractivity contribution >= 4 is 45.0 Å². The van der Waals surface area contributed by atoms with Gasteiger partial charge in [-0.1, -0.05) is 54.6 Å². The van der Waals surface area contributed by atoms with Gasteiger partial charge in [0.15, 0.2) is 5.58 Å². The van der Waals surface area contributed by atoms with Gasteiger partial charge in [0.05, 0.1) is 5.69 Å².